The normalized spacial score (nSPS) is 16.8. The Labute approximate surface area is 177 Å². The zero-order valence-corrected chi connectivity index (χ0v) is 18.9. The van der Waals surface area contributed by atoms with Crippen molar-refractivity contribution in [3.63, 3.8) is 0 Å². The van der Waals surface area contributed by atoms with Gasteiger partial charge in [0.05, 0.1) is 6.61 Å². The zero-order valence-electron chi connectivity index (χ0n) is 18.1. The van der Waals surface area contributed by atoms with Crippen LogP contribution in [0.5, 0.6) is 0 Å². The summed E-state index contributed by atoms with van der Waals surface area (Å²) in [5.74, 6) is 0.627. The Morgan fingerprint density at radius 1 is 1.21 bits per heavy atom. The van der Waals surface area contributed by atoms with Crippen molar-refractivity contribution in [2.45, 2.75) is 58.9 Å². The lowest BCUT2D eigenvalue weighted by molar-refractivity contribution is 0.148. The van der Waals surface area contributed by atoms with Crippen LogP contribution in [-0.2, 0) is 17.7 Å². The molecule has 0 radical (unpaired) electrons. The lowest BCUT2D eigenvalue weighted by Crippen LogP contribution is -2.43. The zero-order chi connectivity index (χ0) is 20.4. The summed E-state index contributed by atoms with van der Waals surface area (Å²) >= 11 is 5.44. The fraction of sp³-hybridized carbons (Fsp3) is 0.696. The van der Waals surface area contributed by atoms with Gasteiger partial charge in [-0.3, -0.25) is 4.90 Å². The predicted molar refractivity (Wildman–Crippen MR) is 124 cm³/mol. The standard InChI is InChI=1S/C23H39N3OS/c1-4-6-7-19(5-2)18-27-23(28)11-9-20-8-10-21(22(24)16-20)17-26-14-12-25(3)13-15-26/h8,10,16,19H,4-7,9,11-15,17-18,24H2,1-3H3. The number of anilines is 1. The number of nitrogens with two attached hydrogens (primary N) is 1. The van der Waals surface area contributed by atoms with Crippen LogP contribution in [-0.4, -0.2) is 54.7 Å². The Bertz CT molecular complexity index is 600. The first-order chi connectivity index (χ1) is 13.5. The van der Waals surface area contributed by atoms with Gasteiger partial charge < -0.3 is 15.4 Å². The Morgan fingerprint density at radius 2 is 1.96 bits per heavy atom. The molecule has 4 nitrogen and oxygen atoms in total. The third-order valence-corrected chi connectivity index (χ3v) is 6.16. The lowest BCUT2D eigenvalue weighted by atomic mass is 10.0. The van der Waals surface area contributed by atoms with Crippen LogP contribution in [0.2, 0.25) is 0 Å². The van der Waals surface area contributed by atoms with Gasteiger partial charge in [-0.05, 0) is 55.2 Å². The van der Waals surface area contributed by atoms with E-state index in [2.05, 4.69) is 48.9 Å². The van der Waals surface area contributed by atoms with Crippen molar-refractivity contribution in [3.8, 4) is 0 Å². The number of hydrogen-bond acceptors (Lipinski definition) is 5. The number of aryl methyl sites for hydroxylation is 1. The Balaban J connectivity index is 1.75. The van der Waals surface area contributed by atoms with Gasteiger partial charge in [0.1, 0.15) is 0 Å². The highest BCUT2D eigenvalue weighted by Gasteiger charge is 2.15. The smallest absolute Gasteiger partial charge is 0.160 e. The highest BCUT2D eigenvalue weighted by Crippen LogP contribution is 2.19. The van der Waals surface area contributed by atoms with E-state index in [1.165, 1.54) is 30.4 Å². The Kier molecular flexibility index (Phi) is 10.2. The highest BCUT2D eigenvalue weighted by molar-refractivity contribution is 7.80. The maximum atomic E-state index is 6.33. The number of hydrogen-bond donors (Lipinski definition) is 1. The number of unbranched alkanes of at least 4 members (excludes halogenated alkanes) is 1. The molecule has 28 heavy (non-hydrogen) atoms. The Hall–Kier alpha value is -1.17. The average Bonchev–Trinajstić information content (AvgIpc) is 2.70. The van der Waals surface area contributed by atoms with E-state index in [-0.39, 0.29) is 0 Å². The van der Waals surface area contributed by atoms with Crippen LogP contribution < -0.4 is 5.73 Å². The first kappa shape index (κ1) is 23.1. The number of ether oxygens (including phenoxy) is 1. The summed E-state index contributed by atoms with van der Waals surface area (Å²) in [6, 6.07) is 6.50. The summed E-state index contributed by atoms with van der Waals surface area (Å²) in [7, 11) is 2.18. The van der Waals surface area contributed by atoms with E-state index < -0.39 is 0 Å². The second-order valence-corrected chi connectivity index (χ2v) is 8.67. The molecule has 1 saturated heterocycles. The number of piperazine rings is 1. The summed E-state index contributed by atoms with van der Waals surface area (Å²) in [4.78, 5) is 4.86. The molecule has 0 aliphatic carbocycles. The third-order valence-electron chi connectivity index (χ3n) is 5.84. The summed E-state index contributed by atoms with van der Waals surface area (Å²) in [6.45, 7) is 10.7. The number of likely N-dealkylation sites (N-methyl/N-ethyl adjacent to an activating group) is 1. The van der Waals surface area contributed by atoms with Gasteiger partial charge in [-0.15, -0.1) is 0 Å². The first-order valence-corrected chi connectivity index (χ1v) is 11.4. The summed E-state index contributed by atoms with van der Waals surface area (Å²) in [6.07, 6.45) is 6.59. The van der Waals surface area contributed by atoms with Crippen LogP contribution in [0.4, 0.5) is 5.69 Å². The summed E-state index contributed by atoms with van der Waals surface area (Å²) in [5.41, 5.74) is 9.70. The lowest BCUT2D eigenvalue weighted by Gasteiger charge is -2.32. The number of rotatable bonds is 11. The van der Waals surface area contributed by atoms with E-state index in [1.807, 2.05) is 0 Å². The number of benzene rings is 1. The van der Waals surface area contributed by atoms with Crippen LogP contribution in [0.25, 0.3) is 0 Å². The van der Waals surface area contributed by atoms with Crippen LogP contribution in [0, 0.1) is 5.92 Å². The highest BCUT2D eigenvalue weighted by atomic mass is 32.1. The second-order valence-electron chi connectivity index (χ2n) is 8.21. The van der Waals surface area contributed by atoms with E-state index in [1.54, 1.807) is 0 Å². The van der Waals surface area contributed by atoms with Gasteiger partial charge in [0, 0.05) is 44.8 Å². The quantitative estimate of drug-likeness (QED) is 0.433. The molecule has 1 aromatic carbocycles. The van der Waals surface area contributed by atoms with Crippen LogP contribution in [0.1, 0.15) is 57.1 Å². The van der Waals surface area contributed by atoms with Crippen molar-refractivity contribution in [3.05, 3.63) is 29.3 Å². The van der Waals surface area contributed by atoms with Gasteiger partial charge in [0.15, 0.2) is 5.05 Å². The van der Waals surface area contributed by atoms with Gasteiger partial charge in [-0.25, -0.2) is 0 Å². The minimum Gasteiger partial charge on any atom is -0.487 e. The molecule has 0 aromatic heterocycles. The molecule has 2 rings (SSSR count). The maximum Gasteiger partial charge on any atom is 0.160 e. The second kappa shape index (κ2) is 12.4. The molecule has 0 spiro atoms. The SMILES string of the molecule is CCCCC(CC)COC(=S)CCc1ccc(CN2CCN(C)CC2)c(N)c1. The van der Waals surface area contributed by atoms with Crippen LogP contribution >= 0.6 is 12.2 Å². The van der Waals surface area contributed by atoms with Crippen molar-refractivity contribution in [1.82, 2.24) is 9.80 Å². The van der Waals surface area contributed by atoms with E-state index in [0.29, 0.717) is 5.92 Å². The molecule has 2 N–H and O–H groups in total. The molecule has 1 heterocycles. The topological polar surface area (TPSA) is 41.7 Å². The van der Waals surface area contributed by atoms with E-state index in [0.717, 1.165) is 69.3 Å². The molecule has 0 bridgehead atoms. The number of thiocarbonyl (C=S) groups is 1. The van der Waals surface area contributed by atoms with E-state index in [9.17, 15) is 0 Å². The molecule has 0 saturated carbocycles. The fourth-order valence-corrected chi connectivity index (χ4v) is 3.79. The van der Waals surface area contributed by atoms with Gasteiger partial charge in [0.25, 0.3) is 0 Å². The molecule has 1 fully saturated rings. The maximum absolute atomic E-state index is 6.33. The van der Waals surface area contributed by atoms with Crippen LogP contribution in [0.3, 0.4) is 0 Å². The molecule has 1 aliphatic rings. The molecule has 1 unspecified atom stereocenters. The monoisotopic (exact) mass is 405 g/mol. The molecule has 5 heteroatoms. The van der Waals surface area contributed by atoms with Crippen molar-refractivity contribution in [2.75, 3.05) is 45.6 Å². The van der Waals surface area contributed by atoms with E-state index >= 15 is 0 Å². The minimum absolute atomic E-state index is 0.627. The van der Waals surface area contributed by atoms with Crippen LogP contribution in [0.15, 0.2) is 18.2 Å². The summed E-state index contributed by atoms with van der Waals surface area (Å²) in [5, 5.41) is 0.732. The third kappa shape index (κ3) is 8.06. The van der Waals surface area contributed by atoms with Crippen molar-refractivity contribution < 1.29 is 4.74 Å². The molecule has 1 aliphatic heterocycles. The minimum atomic E-state index is 0.627. The van der Waals surface area contributed by atoms with Crippen molar-refractivity contribution in [1.29, 1.82) is 0 Å². The largest absolute Gasteiger partial charge is 0.487 e. The first-order valence-electron chi connectivity index (χ1n) is 11.0. The number of nitrogen functional groups attached to an aromatic ring is 1. The fourth-order valence-electron chi connectivity index (χ4n) is 3.62. The summed E-state index contributed by atoms with van der Waals surface area (Å²) < 4.78 is 5.87. The van der Waals surface area contributed by atoms with E-state index in [4.69, 9.17) is 22.7 Å². The Morgan fingerprint density at radius 3 is 2.61 bits per heavy atom. The molecule has 1 aromatic rings. The number of nitrogens with zero attached hydrogens (tertiary/aromatic N) is 2. The molecular formula is C23H39N3OS. The predicted octanol–water partition coefficient (Wildman–Crippen LogP) is 4.51. The van der Waals surface area contributed by atoms with Gasteiger partial charge in [-0.1, -0.05) is 45.2 Å². The van der Waals surface area contributed by atoms with Gasteiger partial charge in [0.2, 0.25) is 0 Å². The van der Waals surface area contributed by atoms with Gasteiger partial charge in [-0.2, -0.15) is 0 Å². The molecular weight excluding hydrogens is 366 g/mol. The molecule has 1 atom stereocenters. The van der Waals surface area contributed by atoms with Crippen molar-refractivity contribution >= 4 is 23.0 Å². The average molecular weight is 406 g/mol. The van der Waals surface area contributed by atoms with Crippen molar-refractivity contribution in [2.24, 2.45) is 5.92 Å². The van der Waals surface area contributed by atoms with Gasteiger partial charge >= 0.3 is 0 Å². The molecule has 0 amide bonds. The molecule has 158 valence electrons.